The minimum atomic E-state index is -2.78. The molecule has 0 atom stereocenters. The summed E-state index contributed by atoms with van der Waals surface area (Å²) in [6, 6.07) is 58.3. The zero-order valence-electron chi connectivity index (χ0n) is 23.1. The van der Waals surface area contributed by atoms with Crippen molar-refractivity contribution >= 4 is 46.1 Å². The smallest absolute Gasteiger partial charge is 1.00 e. The molecule has 0 aliphatic rings. The normalized spacial score (nSPS) is 10.4. The molecule has 2 nitrogen and oxygen atoms in total. The van der Waals surface area contributed by atoms with Crippen molar-refractivity contribution in [2.45, 2.75) is 0 Å². The summed E-state index contributed by atoms with van der Waals surface area (Å²) in [5, 5.41) is 5.24. The maximum Gasteiger partial charge on any atom is 2.00 e. The third-order valence-electron chi connectivity index (χ3n) is 6.72. The second kappa shape index (κ2) is 17.2. The van der Waals surface area contributed by atoms with E-state index in [0.717, 1.165) is 31.8 Å². The quantitative estimate of drug-likeness (QED) is 0.190. The molecule has 0 fully saturated rings. The van der Waals surface area contributed by atoms with E-state index in [4.69, 9.17) is 0 Å². The first-order valence-electron chi connectivity index (χ1n) is 13.2. The van der Waals surface area contributed by atoms with Gasteiger partial charge in [-0.15, -0.1) is 0 Å². The average molecular weight is 691 g/mol. The summed E-state index contributed by atoms with van der Waals surface area (Å²) in [4.78, 5) is 0. The Labute approximate surface area is 277 Å². The van der Waals surface area contributed by atoms with Crippen LogP contribution >= 0.6 is 14.3 Å². The fourth-order valence-electron chi connectivity index (χ4n) is 4.72. The molecule has 6 rings (SSSR count). The topological polar surface area (TPSA) is 34.1 Å². The number of hydrogen-bond acceptors (Lipinski definition) is 2. The van der Waals surface area contributed by atoms with Gasteiger partial charge in [-0.25, -0.2) is 0 Å². The standard InChI is InChI=1S/2C18H15OP.2ClH.Cu/c2*19-20(16-10-4-1-5-11-16,17-12-6-2-7-13-17)18-14-8-3-9-15-18;;;/h2*1-15H;2*1H;/q;;;;+2/p-2. The first-order valence-corrected chi connectivity index (χ1v) is 16.6. The van der Waals surface area contributed by atoms with Crippen LogP contribution in [0.25, 0.3) is 0 Å². The van der Waals surface area contributed by atoms with Crippen LogP contribution in [0.4, 0.5) is 0 Å². The molecule has 0 spiro atoms. The van der Waals surface area contributed by atoms with Crippen LogP contribution < -0.4 is 56.6 Å². The molecule has 6 aromatic carbocycles. The van der Waals surface area contributed by atoms with Crippen LogP contribution in [0.2, 0.25) is 0 Å². The Bertz CT molecular complexity index is 1390. The Morgan fingerprint density at radius 2 is 0.372 bits per heavy atom. The van der Waals surface area contributed by atoms with E-state index in [2.05, 4.69) is 0 Å². The van der Waals surface area contributed by atoms with Crippen LogP contribution in [0, 0.1) is 0 Å². The van der Waals surface area contributed by atoms with Gasteiger partial charge in [0.15, 0.2) is 14.3 Å². The molecule has 0 aliphatic heterocycles. The van der Waals surface area contributed by atoms with Gasteiger partial charge in [-0.05, 0) is 0 Å². The molecule has 0 saturated heterocycles. The van der Waals surface area contributed by atoms with Gasteiger partial charge in [0.25, 0.3) is 0 Å². The molecule has 6 aromatic rings. The molecule has 0 amide bonds. The Balaban J connectivity index is 0.000000281. The monoisotopic (exact) mass is 689 g/mol. The van der Waals surface area contributed by atoms with Crippen LogP contribution in [0.1, 0.15) is 0 Å². The fourth-order valence-corrected chi connectivity index (χ4v) is 10.1. The van der Waals surface area contributed by atoms with Gasteiger partial charge in [-0.1, -0.05) is 182 Å². The van der Waals surface area contributed by atoms with Crippen molar-refractivity contribution in [3.05, 3.63) is 182 Å². The molecule has 0 bridgehead atoms. The second-order valence-corrected chi connectivity index (χ2v) is 14.8. The molecular weight excluding hydrogens is 661 g/mol. The van der Waals surface area contributed by atoms with Gasteiger partial charge in [-0.2, -0.15) is 0 Å². The van der Waals surface area contributed by atoms with Crippen molar-refractivity contribution in [3.63, 3.8) is 0 Å². The van der Waals surface area contributed by atoms with E-state index in [1.165, 1.54) is 0 Å². The molecule has 0 aromatic heterocycles. The predicted octanol–water partition coefficient (Wildman–Crippen LogP) is 0.658. The van der Waals surface area contributed by atoms with Crippen LogP contribution in [0.3, 0.4) is 0 Å². The van der Waals surface area contributed by atoms with E-state index in [-0.39, 0.29) is 41.9 Å². The van der Waals surface area contributed by atoms with Gasteiger partial charge in [0.1, 0.15) is 0 Å². The van der Waals surface area contributed by atoms with Crippen molar-refractivity contribution in [2.75, 3.05) is 0 Å². The summed E-state index contributed by atoms with van der Waals surface area (Å²) in [5.41, 5.74) is 0. The summed E-state index contributed by atoms with van der Waals surface area (Å²) >= 11 is 0. The molecule has 0 saturated carbocycles. The molecule has 0 N–H and O–H groups in total. The van der Waals surface area contributed by atoms with Crippen molar-refractivity contribution in [3.8, 4) is 0 Å². The van der Waals surface area contributed by atoms with Gasteiger partial charge >= 0.3 is 17.1 Å². The summed E-state index contributed by atoms with van der Waals surface area (Å²) in [7, 11) is -5.55. The SMILES string of the molecule is O=P(c1ccccc1)(c1ccccc1)c1ccccc1.O=P(c1ccccc1)(c1ccccc1)c1ccccc1.[Cl-].[Cl-].[Cu+2]. The third-order valence-corrected chi connectivity index (χ3v) is 12.9. The van der Waals surface area contributed by atoms with Crippen molar-refractivity contribution < 1.29 is 51.0 Å². The number of halogens is 2. The predicted molar refractivity (Wildman–Crippen MR) is 172 cm³/mol. The van der Waals surface area contributed by atoms with E-state index in [1.54, 1.807) is 0 Å². The fraction of sp³-hybridized carbons (Fsp3) is 0. The molecular formula is C36H30Cl2CuO2P2. The first-order chi connectivity index (χ1) is 19.6. The van der Waals surface area contributed by atoms with E-state index in [0.29, 0.717) is 0 Å². The maximum atomic E-state index is 13.8. The Morgan fingerprint density at radius 1 is 0.256 bits per heavy atom. The van der Waals surface area contributed by atoms with Crippen LogP contribution in [0.5, 0.6) is 0 Å². The molecule has 7 heteroatoms. The van der Waals surface area contributed by atoms with Crippen LogP contribution in [-0.2, 0) is 26.2 Å². The zero-order chi connectivity index (χ0) is 27.7. The maximum absolute atomic E-state index is 13.8. The molecule has 0 heterocycles. The molecule has 0 unspecified atom stereocenters. The molecule has 221 valence electrons. The molecule has 43 heavy (non-hydrogen) atoms. The Kier molecular flexibility index (Phi) is 14.5. The summed E-state index contributed by atoms with van der Waals surface area (Å²) in [5.74, 6) is 0. The largest absolute Gasteiger partial charge is 2.00 e. The van der Waals surface area contributed by atoms with E-state index < -0.39 is 14.3 Å². The van der Waals surface area contributed by atoms with Gasteiger partial charge < -0.3 is 33.9 Å². The van der Waals surface area contributed by atoms with Gasteiger partial charge in [0.2, 0.25) is 0 Å². The first kappa shape index (κ1) is 36.1. The van der Waals surface area contributed by atoms with E-state index in [9.17, 15) is 9.13 Å². The van der Waals surface area contributed by atoms with Crippen LogP contribution in [-0.4, -0.2) is 0 Å². The number of hydrogen-bond donors (Lipinski definition) is 0. The van der Waals surface area contributed by atoms with Crippen molar-refractivity contribution in [1.82, 2.24) is 0 Å². The second-order valence-electron chi connectivity index (χ2n) is 9.23. The minimum absolute atomic E-state index is 0. The van der Waals surface area contributed by atoms with Gasteiger partial charge in [-0.3, -0.25) is 0 Å². The number of benzene rings is 6. The summed E-state index contributed by atoms with van der Waals surface area (Å²) < 4.78 is 27.6. The van der Waals surface area contributed by atoms with Crippen molar-refractivity contribution in [1.29, 1.82) is 0 Å². The summed E-state index contributed by atoms with van der Waals surface area (Å²) in [6.45, 7) is 0. The average Bonchev–Trinajstić information content (AvgIpc) is 3.07. The van der Waals surface area contributed by atoms with E-state index in [1.807, 2.05) is 182 Å². The van der Waals surface area contributed by atoms with Gasteiger partial charge in [0.05, 0.1) is 0 Å². The van der Waals surface area contributed by atoms with Gasteiger partial charge in [0, 0.05) is 31.8 Å². The molecule has 0 aliphatic carbocycles. The van der Waals surface area contributed by atoms with E-state index >= 15 is 0 Å². The zero-order valence-corrected chi connectivity index (χ0v) is 27.3. The number of rotatable bonds is 6. The Morgan fingerprint density at radius 3 is 0.488 bits per heavy atom. The molecule has 1 radical (unpaired) electrons. The summed E-state index contributed by atoms with van der Waals surface area (Å²) in [6.07, 6.45) is 0. The van der Waals surface area contributed by atoms with Crippen molar-refractivity contribution in [2.24, 2.45) is 0 Å². The Hall–Kier alpha value is -3.12. The third kappa shape index (κ3) is 8.08. The minimum Gasteiger partial charge on any atom is -1.00 e. The van der Waals surface area contributed by atoms with Crippen LogP contribution in [0.15, 0.2) is 182 Å².